The highest BCUT2D eigenvalue weighted by Crippen LogP contribution is 2.20. The van der Waals surface area contributed by atoms with Gasteiger partial charge in [0, 0.05) is 6.61 Å². The van der Waals surface area contributed by atoms with Crippen molar-refractivity contribution in [1.82, 2.24) is 0 Å². The average Bonchev–Trinajstić information content (AvgIpc) is 2.49. The van der Waals surface area contributed by atoms with Crippen molar-refractivity contribution in [2.75, 3.05) is 6.61 Å². The number of rotatable bonds is 12. The van der Waals surface area contributed by atoms with Gasteiger partial charge in [0.2, 0.25) is 0 Å². The zero-order chi connectivity index (χ0) is 18.4. The van der Waals surface area contributed by atoms with E-state index in [0.717, 1.165) is 44.9 Å². The number of aliphatic hydroxyl groups is 1. The van der Waals surface area contributed by atoms with Crippen molar-refractivity contribution in [3.05, 3.63) is 46.6 Å². The maximum Gasteiger partial charge on any atom is 0.0431 e. The quantitative estimate of drug-likeness (QED) is 0.376. The zero-order valence-electron chi connectivity index (χ0n) is 17.0. The molecule has 1 heteroatoms. The van der Waals surface area contributed by atoms with E-state index in [1.165, 1.54) is 22.3 Å². The lowest BCUT2D eigenvalue weighted by atomic mass is 9.94. The van der Waals surface area contributed by atoms with Gasteiger partial charge in [-0.3, -0.25) is 0 Å². The third kappa shape index (κ3) is 14.5. The Morgan fingerprint density at radius 1 is 0.792 bits per heavy atom. The first-order valence-electron chi connectivity index (χ1n) is 9.55. The van der Waals surface area contributed by atoms with Crippen LogP contribution in [0.5, 0.6) is 0 Å². The Hall–Kier alpha value is -1.08. The molecule has 0 bridgehead atoms. The van der Waals surface area contributed by atoms with Gasteiger partial charge in [-0.15, -0.1) is 0 Å². The van der Waals surface area contributed by atoms with Crippen LogP contribution in [0.4, 0.5) is 0 Å². The van der Waals surface area contributed by atoms with E-state index in [9.17, 15) is 0 Å². The molecule has 0 aliphatic carbocycles. The molecule has 0 amide bonds. The van der Waals surface area contributed by atoms with Gasteiger partial charge in [-0.2, -0.15) is 0 Å². The minimum atomic E-state index is 0.296. The summed E-state index contributed by atoms with van der Waals surface area (Å²) >= 11 is 0. The molecule has 0 radical (unpaired) electrons. The molecule has 138 valence electrons. The first-order chi connectivity index (χ1) is 11.3. The summed E-state index contributed by atoms with van der Waals surface area (Å²) < 4.78 is 0. The highest BCUT2D eigenvalue weighted by atomic mass is 16.2. The summed E-state index contributed by atoms with van der Waals surface area (Å²) in [6.45, 7) is 13.4. The summed E-state index contributed by atoms with van der Waals surface area (Å²) in [5, 5.41) is 9.15. The number of allylic oxidation sites excluding steroid dienone is 8. The molecule has 0 rings (SSSR count). The minimum Gasteiger partial charge on any atom is -0.396 e. The number of aliphatic hydroxyl groups excluding tert-OH is 1. The maximum atomic E-state index is 9.15. The van der Waals surface area contributed by atoms with Gasteiger partial charge in [-0.1, -0.05) is 46.6 Å². The Balaban J connectivity index is 4.58. The summed E-state index contributed by atoms with van der Waals surface area (Å²) in [6.07, 6.45) is 17.1. The van der Waals surface area contributed by atoms with E-state index in [-0.39, 0.29) is 0 Å². The van der Waals surface area contributed by atoms with Gasteiger partial charge in [0.1, 0.15) is 0 Å². The molecule has 1 atom stereocenters. The van der Waals surface area contributed by atoms with E-state index >= 15 is 0 Å². The highest BCUT2D eigenvalue weighted by Gasteiger charge is 2.05. The Morgan fingerprint density at radius 3 is 1.83 bits per heavy atom. The van der Waals surface area contributed by atoms with E-state index in [2.05, 4.69) is 65.8 Å². The molecule has 1 unspecified atom stereocenters. The molecule has 0 aromatic heterocycles. The second-order valence-electron chi connectivity index (χ2n) is 7.57. The van der Waals surface area contributed by atoms with Crippen LogP contribution in [0.15, 0.2) is 46.6 Å². The lowest BCUT2D eigenvalue weighted by Crippen LogP contribution is -1.99. The molecule has 0 aliphatic heterocycles. The molecule has 0 heterocycles. The van der Waals surface area contributed by atoms with Crippen LogP contribution in [0.1, 0.15) is 86.5 Å². The second kappa shape index (κ2) is 14.3. The van der Waals surface area contributed by atoms with Gasteiger partial charge in [0.05, 0.1) is 0 Å². The van der Waals surface area contributed by atoms with Crippen LogP contribution in [0, 0.1) is 5.92 Å². The summed E-state index contributed by atoms with van der Waals surface area (Å²) in [7, 11) is 0. The fourth-order valence-electron chi connectivity index (χ4n) is 2.74. The van der Waals surface area contributed by atoms with E-state index in [1.54, 1.807) is 0 Å². The van der Waals surface area contributed by atoms with Crippen molar-refractivity contribution >= 4 is 0 Å². The molecule has 0 spiro atoms. The summed E-state index contributed by atoms with van der Waals surface area (Å²) in [5.74, 6) is 0.558. The van der Waals surface area contributed by atoms with E-state index in [1.807, 2.05) is 0 Å². The van der Waals surface area contributed by atoms with Crippen LogP contribution in [0.3, 0.4) is 0 Å². The van der Waals surface area contributed by atoms with Gasteiger partial charge >= 0.3 is 0 Å². The van der Waals surface area contributed by atoms with Gasteiger partial charge in [-0.05, 0) is 92.4 Å². The Bertz CT molecular complexity index is 441. The third-order valence-corrected chi connectivity index (χ3v) is 4.20. The molecule has 0 fully saturated rings. The van der Waals surface area contributed by atoms with Crippen molar-refractivity contribution in [2.24, 2.45) is 5.92 Å². The van der Waals surface area contributed by atoms with Gasteiger partial charge in [-0.25, -0.2) is 0 Å². The first kappa shape index (κ1) is 22.9. The lowest BCUT2D eigenvalue weighted by molar-refractivity contribution is 0.277. The SMILES string of the molecule is CC(C)=CCC/C(C)=C/CC(/C=C(\C)CCC=C(C)C)CCCO. The molecule has 0 aliphatic rings. The summed E-state index contributed by atoms with van der Waals surface area (Å²) in [4.78, 5) is 0. The van der Waals surface area contributed by atoms with Crippen LogP contribution in [0.25, 0.3) is 0 Å². The largest absolute Gasteiger partial charge is 0.396 e. The molecule has 1 nitrogen and oxygen atoms in total. The molecule has 0 aromatic rings. The Labute approximate surface area is 151 Å². The van der Waals surface area contributed by atoms with Gasteiger partial charge in [0.25, 0.3) is 0 Å². The van der Waals surface area contributed by atoms with Crippen LogP contribution >= 0.6 is 0 Å². The van der Waals surface area contributed by atoms with Crippen molar-refractivity contribution in [2.45, 2.75) is 86.5 Å². The molecular formula is C23H40O. The van der Waals surface area contributed by atoms with Gasteiger partial charge in [0.15, 0.2) is 0 Å². The number of hydrogen-bond acceptors (Lipinski definition) is 1. The van der Waals surface area contributed by atoms with Crippen LogP contribution in [0.2, 0.25) is 0 Å². The van der Waals surface area contributed by atoms with Crippen molar-refractivity contribution < 1.29 is 5.11 Å². The minimum absolute atomic E-state index is 0.296. The lowest BCUT2D eigenvalue weighted by Gasteiger charge is -2.12. The summed E-state index contributed by atoms with van der Waals surface area (Å²) in [5.41, 5.74) is 5.76. The highest BCUT2D eigenvalue weighted by molar-refractivity contribution is 5.08. The van der Waals surface area contributed by atoms with Crippen molar-refractivity contribution in [1.29, 1.82) is 0 Å². The molecular weight excluding hydrogens is 292 g/mol. The van der Waals surface area contributed by atoms with E-state index < -0.39 is 0 Å². The van der Waals surface area contributed by atoms with Crippen molar-refractivity contribution in [3.63, 3.8) is 0 Å². The second-order valence-corrected chi connectivity index (χ2v) is 7.57. The van der Waals surface area contributed by atoms with Crippen LogP contribution < -0.4 is 0 Å². The Kier molecular flexibility index (Phi) is 13.6. The smallest absolute Gasteiger partial charge is 0.0431 e. The fraction of sp³-hybridized carbons (Fsp3) is 0.652. The Morgan fingerprint density at radius 2 is 1.33 bits per heavy atom. The predicted molar refractivity (Wildman–Crippen MR) is 109 cm³/mol. The van der Waals surface area contributed by atoms with Gasteiger partial charge < -0.3 is 5.11 Å². The van der Waals surface area contributed by atoms with Crippen molar-refractivity contribution in [3.8, 4) is 0 Å². The number of hydrogen-bond donors (Lipinski definition) is 1. The normalized spacial score (nSPS) is 13.6. The molecule has 0 saturated heterocycles. The molecule has 1 N–H and O–H groups in total. The fourth-order valence-corrected chi connectivity index (χ4v) is 2.74. The average molecular weight is 333 g/mol. The molecule has 0 aromatic carbocycles. The predicted octanol–water partition coefficient (Wildman–Crippen LogP) is 7.15. The third-order valence-electron chi connectivity index (χ3n) is 4.20. The van der Waals surface area contributed by atoms with E-state index in [4.69, 9.17) is 5.11 Å². The standard InChI is InChI=1S/C23H40O/c1-19(2)10-7-12-21(5)15-16-23(14-9-17-24)18-22(6)13-8-11-20(3)4/h10-11,15,18,23-24H,7-9,12-14,16-17H2,1-6H3/b21-15+,22-18+. The zero-order valence-corrected chi connectivity index (χ0v) is 17.0. The van der Waals surface area contributed by atoms with E-state index in [0.29, 0.717) is 12.5 Å². The van der Waals surface area contributed by atoms with Crippen LogP contribution in [-0.4, -0.2) is 11.7 Å². The topological polar surface area (TPSA) is 20.2 Å². The van der Waals surface area contributed by atoms with Crippen LogP contribution in [-0.2, 0) is 0 Å². The monoisotopic (exact) mass is 332 g/mol. The summed E-state index contributed by atoms with van der Waals surface area (Å²) in [6, 6.07) is 0. The molecule has 0 saturated carbocycles. The maximum absolute atomic E-state index is 9.15. The first-order valence-corrected chi connectivity index (χ1v) is 9.55. The molecule has 24 heavy (non-hydrogen) atoms.